The fourth-order valence-corrected chi connectivity index (χ4v) is 2.71. The number of rotatable bonds is 8. The summed E-state index contributed by atoms with van der Waals surface area (Å²) in [5, 5.41) is 2.85. The van der Waals surface area contributed by atoms with Gasteiger partial charge in [-0.15, -0.1) is 0 Å². The molecule has 0 spiro atoms. The van der Waals surface area contributed by atoms with Crippen LogP contribution in [0.5, 0.6) is 5.75 Å². The molecule has 0 aliphatic heterocycles. The van der Waals surface area contributed by atoms with Gasteiger partial charge >= 0.3 is 5.97 Å². The second-order valence-electron chi connectivity index (χ2n) is 5.90. The highest BCUT2D eigenvalue weighted by atomic mass is 16.5. The van der Waals surface area contributed by atoms with E-state index in [-0.39, 0.29) is 24.0 Å². The second kappa shape index (κ2) is 7.66. The van der Waals surface area contributed by atoms with Gasteiger partial charge in [0.05, 0.1) is 13.7 Å². The van der Waals surface area contributed by atoms with E-state index in [1.54, 1.807) is 25.1 Å². The Labute approximate surface area is 142 Å². The summed E-state index contributed by atoms with van der Waals surface area (Å²) in [5.41, 5.74) is -0.0594. The van der Waals surface area contributed by atoms with Crippen molar-refractivity contribution >= 4 is 17.6 Å². The maximum Gasteiger partial charge on any atom is 0.341 e. The lowest BCUT2D eigenvalue weighted by molar-refractivity contribution is -0.141. The molecule has 1 aromatic carbocycles. The van der Waals surface area contributed by atoms with Gasteiger partial charge in [-0.05, 0) is 57.7 Å². The number of carbonyl (C=O) groups is 2. The zero-order chi connectivity index (χ0) is 17.7. The number of nitrogens with one attached hydrogen (secondary N) is 1. The molecule has 1 fully saturated rings. The third-order valence-corrected chi connectivity index (χ3v) is 4.20. The molecular formula is C18H25NO5. The number of anilines is 1. The largest absolute Gasteiger partial charge is 0.496 e. The summed E-state index contributed by atoms with van der Waals surface area (Å²) in [5.74, 6) is -0.0477. The Morgan fingerprint density at radius 1 is 1.25 bits per heavy atom. The van der Waals surface area contributed by atoms with Gasteiger partial charge in [0.15, 0.2) is 0 Å². The first kappa shape index (κ1) is 18.3. The van der Waals surface area contributed by atoms with Crippen molar-refractivity contribution in [2.75, 3.05) is 25.6 Å². The van der Waals surface area contributed by atoms with Crippen LogP contribution in [0, 0.1) is 5.92 Å². The normalized spacial score (nSPS) is 16.2. The maximum atomic E-state index is 12.7. The first-order chi connectivity index (χ1) is 11.5. The fraction of sp³-hybridized carbons (Fsp3) is 0.556. The lowest BCUT2D eigenvalue weighted by Gasteiger charge is -2.28. The van der Waals surface area contributed by atoms with Crippen molar-refractivity contribution < 1.29 is 23.8 Å². The molecule has 0 bridgehead atoms. The van der Waals surface area contributed by atoms with E-state index in [0.717, 1.165) is 12.8 Å². The van der Waals surface area contributed by atoms with Gasteiger partial charge in [0.2, 0.25) is 0 Å². The molecule has 1 aliphatic rings. The highest BCUT2D eigenvalue weighted by molar-refractivity contribution is 6.00. The minimum absolute atomic E-state index is 0.202. The summed E-state index contributed by atoms with van der Waals surface area (Å²) in [4.78, 5) is 24.7. The molecule has 0 radical (unpaired) electrons. The summed E-state index contributed by atoms with van der Waals surface area (Å²) in [6.45, 7) is 6.17. The Kier molecular flexibility index (Phi) is 5.83. The molecule has 1 atom stereocenters. The van der Waals surface area contributed by atoms with Crippen molar-refractivity contribution in [1.29, 1.82) is 0 Å². The number of benzene rings is 1. The highest BCUT2D eigenvalue weighted by Crippen LogP contribution is 2.42. The summed E-state index contributed by atoms with van der Waals surface area (Å²) in [7, 11) is 1.48. The summed E-state index contributed by atoms with van der Waals surface area (Å²) < 4.78 is 15.9. The van der Waals surface area contributed by atoms with E-state index in [2.05, 4.69) is 5.32 Å². The molecule has 1 aliphatic carbocycles. The monoisotopic (exact) mass is 335 g/mol. The summed E-state index contributed by atoms with van der Waals surface area (Å²) in [6.07, 6.45) is 1.97. The first-order valence-electron chi connectivity index (χ1n) is 8.26. The Balaban J connectivity index is 2.21. The first-order valence-corrected chi connectivity index (χ1v) is 8.26. The van der Waals surface area contributed by atoms with Crippen LogP contribution in [0.3, 0.4) is 0 Å². The van der Waals surface area contributed by atoms with Gasteiger partial charge in [-0.2, -0.15) is 0 Å². The predicted molar refractivity (Wildman–Crippen MR) is 90.3 cm³/mol. The number of methoxy groups -OCH3 is 1. The van der Waals surface area contributed by atoms with Crippen molar-refractivity contribution in [3.05, 3.63) is 23.8 Å². The molecule has 24 heavy (non-hydrogen) atoms. The van der Waals surface area contributed by atoms with Gasteiger partial charge in [0, 0.05) is 12.3 Å². The van der Waals surface area contributed by atoms with Gasteiger partial charge < -0.3 is 19.5 Å². The molecule has 1 saturated carbocycles. The number of carbonyl (C=O) groups excluding carboxylic acids is 2. The van der Waals surface area contributed by atoms with Crippen molar-refractivity contribution in [2.45, 2.75) is 39.2 Å². The number of ether oxygens (including phenoxy) is 3. The molecule has 0 aromatic heterocycles. The van der Waals surface area contributed by atoms with E-state index in [1.807, 2.05) is 13.8 Å². The zero-order valence-electron chi connectivity index (χ0n) is 14.7. The molecule has 6 nitrogen and oxygen atoms in total. The third kappa shape index (κ3) is 3.87. The van der Waals surface area contributed by atoms with E-state index in [1.165, 1.54) is 7.11 Å². The minimum Gasteiger partial charge on any atom is -0.496 e. The van der Waals surface area contributed by atoms with E-state index in [0.29, 0.717) is 18.0 Å². The smallest absolute Gasteiger partial charge is 0.341 e. The predicted octanol–water partition coefficient (Wildman–Crippen LogP) is 3.02. The van der Waals surface area contributed by atoms with Crippen LogP contribution in [-0.4, -0.2) is 37.8 Å². The van der Waals surface area contributed by atoms with E-state index in [4.69, 9.17) is 14.2 Å². The van der Waals surface area contributed by atoms with Crippen LogP contribution < -0.4 is 10.1 Å². The average Bonchev–Trinajstić information content (AvgIpc) is 3.40. The van der Waals surface area contributed by atoms with Crippen molar-refractivity contribution in [3.63, 3.8) is 0 Å². The van der Waals surface area contributed by atoms with E-state index < -0.39 is 11.6 Å². The van der Waals surface area contributed by atoms with Crippen LogP contribution in [0.4, 0.5) is 5.69 Å². The molecular weight excluding hydrogens is 310 g/mol. The number of amides is 1. The van der Waals surface area contributed by atoms with Crippen molar-refractivity contribution in [2.24, 2.45) is 5.92 Å². The standard InChI is InChI=1S/C18H25NO5/c1-5-23-16(20)14-11-13(9-10-15(14)22-4)19-17(21)18(3,24-6-2)12-7-8-12/h9-12H,5-8H2,1-4H3,(H,19,21)/t18-/m1/s1. The molecule has 132 valence electrons. The quantitative estimate of drug-likeness (QED) is 0.739. The average molecular weight is 335 g/mol. The summed E-state index contributed by atoms with van der Waals surface area (Å²) >= 11 is 0. The second-order valence-corrected chi connectivity index (χ2v) is 5.90. The molecule has 0 heterocycles. The van der Waals surface area contributed by atoms with E-state index >= 15 is 0 Å². The van der Waals surface area contributed by atoms with Crippen LogP contribution in [0.2, 0.25) is 0 Å². The lowest BCUT2D eigenvalue weighted by Crippen LogP contribution is -2.44. The molecule has 1 amide bonds. The Morgan fingerprint density at radius 2 is 1.96 bits per heavy atom. The van der Waals surface area contributed by atoms with Gasteiger partial charge in [-0.25, -0.2) is 4.79 Å². The van der Waals surface area contributed by atoms with Crippen molar-refractivity contribution in [1.82, 2.24) is 0 Å². The van der Waals surface area contributed by atoms with Crippen LogP contribution in [0.25, 0.3) is 0 Å². The molecule has 0 saturated heterocycles. The molecule has 0 unspecified atom stereocenters. The van der Waals surface area contributed by atoms with Gasteiger partial charge in [0.1, 0.15) is 16.9 Å². The Morgan fingerprint density at radius 3 is 2.50 bits per heavy atom. The maximum absolute atomic E-state index is 12.7. The van der Waals surface area contributed by atoms with Gasteiger partial charge in [-0.1, -0.05) is 0 Å². The molecule has 1 N–H and O–H groups in total. The number of esters is 1. The number of hydrogen-bond donors (Lipinski definition) is 1. The SMILES string of the molecule is CCOC(=O)c1cc(NC(=O)[C@](C)(OCC)C2CC2)ccc1OC. The van der Waals surface area contributed by atoms with Crippen molar-refractivity contribution in [3.8, 4) is 5.75 Å². The summed E-state index contributed by atoms with van der Waals surface area (Å²) in [6, 6.07) is 4.89. The van der Waals surface area contributed by atoms with Crippen LogP contribution >= 0.6 is 0 Å². The molecule has 6 heteroatoms. The van der Waals surface area contributed by atoms with Gasteiger partial charge in [-0.3, -0.25) is 4.79 Å². The third-order valence-electron chi connectivity index (χ3n) is 4.20. The Hall–Kier alpha value is -2.08. The fourth-order valence-electron chi connectivity index (χ4n) is 2.71. The van der Waals surface area contributed by atoms with Crippen LogP contribution in [0.15, 0.2) is 18.2 Å². The lowest BCUT2D eigenvalue weighted by atomic mass is 9.98. The highest BCUT2D eigenvalue weighted by Gasteiger charge is 2.48. The van der Waals surface area contributed by atoms with Crippen LogP contribution in [0.1, 0.15) is 44.0 Å². The molecule has 1 aromatic rings. The molecule has 2 rings (SSSR count). The topological polar surface area (TPSA) is 73.9 Å². The van der Waals surface area contributed by atoms with Gasteiger partial charge in [0.25, 0.3) is 5.91 Å². The van der Waals surface area contributed by atoms with E-state index in [9.17, 15) is 9.59 Å². The number of hydrogen-bond acceptors (Lipinski definition) is 5. The minimum atomic E-state index is -0.848. The zero-order valence-corrected chi connectivity index (χ0v) is 14.7. The van der Waals surface area contributed by atoms with Crippen LogP contribution in [-0.2, 0) is 14.3 Å². The Bertz CT molecular complexity index is 611.